The second-order valence-electron chi connectivity index (χ2n) is 7.19. The number of fused-ring (bicyclic) bond motifs is 1. The van der Waals surface area contributed by atoms with Gasteiger partial charge in [0.15, 0.2) is 0 Å². The third-order valence-electron chi connectivity index (χ3n) is 5.00. The second-order valence-corrected chi connectivity index (χ2v) is 7.60. The van der Waals surface area contributed by atoms with E-state index in [-0.39, 0.29) is 5.56 Å². The summed E-state index contributed by atoms with van der Waals surface area (Å²) in [5, 5.41) is 8.32. The molecule has 0 amide bonds. The number of aryl methyl sites for hydroxylation is 2. The Balaban J connectivity index is 1.78. The number of halogens is 1. The molecule has 8 nitrogen and oxygen atoms in total. The number of hydrogen-bond donors (Lipinski definition) is 1. The molecular formula is C22H23ClN6O2. The maximum absolute atomic E-state index is 13.3. The van der Waals surface area contributed by atoms with Gasteiger partial charge in [0, 0.05) is 53.3 Å². The number of unbranched alkanes of at least 4 members (excludes halogenated alkanes) is 1. The second kappa shape index (κ2) is 8.85. The summed E-state index contributed by atoms with van der Waals surface area (Å²) in [5.41, 5.74) is 2.28. The predicted molar refractivity (Wildman–Crippen MR) is 121 cm³/mol. The maximum Gasteiger partial charge on any atom is 0.260 e. The highest BCUT2D eigenvalue weighted by molar-refractivity contribution is 6.33. The molecule has 3 heterocycles. The molecule has 0 aliphatic carbocycles. The molecule has 0 saturated carbocycles. The van der Waals surface area contributed by atoms with Gasteiger partial charge in [0.25, 0.3) is 5.56 Å². The Morgan fingerprint density at radius 3 is 2.68 bits per heavy atom. The number of benzene rings is 1. The Bertz CT molecular complexity index is 1300. The Morgan fingerprint density at radius 1 is 1.16 bits per heavy atom. The molecular weight excluding hydrogens is 416 g/mol. The van der Waals surface area contributed by atoms with Gasteiger partial charge in [-0.15, -0.1) is 0 Å². The molecule has 0 radical (unpaired) electrons. The van der Waals surface area contributed by atoms with E-state index in [2.05, 4.69) is 32.3 Å². The summed E-state index contributed by atoms with van der Waals surface area (Å²) < 4.78 is 6.68. The van der Waals surface area contributed by atoms with E-state index in [0.29, 0.717) is 51.6 Å². The summed E-state index contributed by atoms with van der Waals surface area (Å²) in [6.07, 6.45) is 3.84. The van der Waals surface area contributed by atoms with Crippen molar-refractivity contribution >= 4 is 28.6 Å². The van der Waals surface area contributed by atoms with Crippen LogP contribution in [0.2, 0.25) is 5.02 Å². The minimum atomic E-state index is -0.154. The lowest BCUT2D eigenvalue weighted by Gasteiger charge is -2.13. The highest BCUT2D eigenvalue weighted by Crippen LogP contribution is 2.31. The van der Waals surface area contributed by atoms with E-state index >= 15 is 0 Å². The van der Waals surface area contributed by atoms with E-state index in [1.165, 1.54) is 0 Å². The summed E-state index contributed by atoms with van der Waals surface area (Å²) in [4.78, 5) is 26.5. The fourth-order valence-electron chi connectivity index (χ4n) is 3.40. The maximum atomic E-state index is 13.3. The van der Waals surface area contributed by atoms with E-state index in [4.69, 9.17) is 16.1 Å². The molecule has 4 aromatic rings. The van der Waals surface area contributed by atoms with Crippen molar-refractivity contribution in [2.45, 2.75) is 40.2 Å². The normalized spacial score (nSPS) is 11.2. The summed E-state index contributed by atoms with van der Waals surface area (Å²) in [7, 11) is 0. The minimum Gasteiger partial charge on any atom is -0.354 e. The Morgan fingerprint density at radius 2 is 2.00 bits per heavy atom. The quantitative estimate of drug-likeness (QED) is 0.417. The lowest BCUT2D eigenvalue weighted by Crippen LogP contribution is -2.22. The molecule has 0 fully saturated rings. The van der Waals surface area contributed by atoms with Gasteiger partial charge in [-0.25, -0.2) is 4.98 Å². The first-order valence-electron chi connectivity index (χ1n) is 10.3. The van der Waals surface area contributed by atoms with Crippen LogP contribution >= 0.6 is 11.6 Å². The molecule has 0 saturated heterocycles. The molecule has 1 N–H and O–H groups in total. The van der Waals surface area contributed by atoms with Crippen LogP contribution in [0.25, 0.3) is 33.5 Å². The van der Waals surface area contributed by atoms with Crippen molar-refractivity contribution in [3.8, 4) is 22.5 Å². The first-order chi connectivity index (χ1) is 15.0. The zero-order valence-corrected chi connectivity index (χ0v) is 18.4. The topological polar surface area (TPSA) is 98.7 Å². The molecule has 0 unspecified atom stereocenters. The molecule has 4 rings (SSSR count). The average molecular weight is 439 g/mol. The lowest BCUT2D eigenvalue weighted by molar-refractivity contribution is 0.394. The third-order valence-corrected chi connectivity index (χ3v) is 5.31. The standard InChI is InChI=1S/C22H23ClN6O2/c1-4-6-9-24-22-25-12-15-10-17(21(30)29(5-2)20(15)27-22)16-8-7-14(11-18(16)23)19-26-13(3)31-28-19/h7-8,10-12H,4-6,9H2,1-3H3,(H,24,25,27). The molecule has 0 bridgehead atoms. The van der Waals surface area contributed by atoms with E-state index in [1.807, 2.05) is 13.0 Å². The van der Waals surface area contributed by atoms with Gasteiger partial charge in [-0.1, -0.05) is 42.2 Å². The fourth-order valence-corrected chi connectivity index (χ4v) is 3.68. The van der Waals surface area contributed by atoms with Gasteiger partial charge in [0.05, 0.1) is 0 Å². The van der Waals surface area contributed by atoms with Crippen LogP contribution in [0.1, 0.15) is 32.6 Å². The number of anilines is 1. The van der Waals surface area contributed by atoms with Crippen molar-refractivity contribution in [2.75, 3.05) is 11.9 Å². The van der Waals surface area contributed by atoms with Crippen LogP contribution in [-0.4, -0.2) is 31.2 Å². The van der Waals surface area contributed by atoms with Crippen LogP contribution in [0, 0.1) is 6.92 Å². The molecule has 31 heavy (non-hydrogen) atoms. The van der Waals surface area contributed by atoms with Crippen molar-refractivity contribution < 1.29 is 4.52 Å². The van der Waals surface area contributed by atoms with Gasteiger partial charge in [-0.3, -0.25) is 9.36 Å². The van der Waals surface area contributed by atoms with Crippen molar-refractivity contribution in [2.24, 2.45) is 0 Å². The monoisotopic (exact) mass is 438 g/mol. The van der Waals surface area contributed by atoms with Gasteiger partial charge >= 0.3 is 0 Å². The Kier molecular flexibility index (Phi) is 5.99. The van der Waals surface area contributed by atoms with Crippen LogP contribution in [0.4, 0.5) is 5.95 Å². The number of nitrogens with one attached hydrogen (secondary N) is 1. The number of aromatic nitrogens is 5. The number of rotatable bonds is 7. The molecule has 0 aliphatic rings. The molecule has 0 spiro atoms. The van der Waals surface area contributed by atoms with Crippen LogP contribution in [0.5, 0.6) is 0 Å². The van der Waals surface area contributed by atoms with Gasteiger partial charge in [-0.05, 0) is 25.5 Å². The highest BCUT2D eigenvalue weighted by Gasteiger charge is 2.16. The molecule has 160 valence electrons. The summed E-state index contributed by atoms with van der Waals surface area (Å²) in [6.45, 7) is 7.03. The zero-order valence-electron chi connectivity index (χ0n) is 17.6. The smallest absolute Gasteiger partial charge is 0.260 e. The minimum absolute atomic E-state index is 0.154. The Labute approximate surface area is 184 Å². The predicted octanol–water partition coefficient (Wildman–Crippen LogP) is 4.70. The van der Waals surface area contributed by atoms with E-state index in [9.17, 15) is 4.79 Å². The summed E-state index contributed by atoms with van der Waals surface area (Å²) in [6, 6.07) is 7.15. The molecule has 1 aromatic carbocycles. The molecule has 3 aromatic heterocycles. The zero-order chi connectivity index (χ0) is 22.0. The van der Waals surface area contributed by atoms with Crippen LogP contribution in [-0.2, 0) is 6.54 Å². The van der Waals surface area contributed by atoms with Crippen molar-refractivity contribution in [3.05, 3.63) is 51.7 Å². The first-order valence-corrected chi connectivity index (χ1v) is 10.6. The van der Waals surface area contributed by atoms with Gasteiger partial charge in [0.1, 0.15) is 5.65 Å². The van der Waals surface area contributed by atoms with Gasteiger partial charge in [-0.2, -0.15) is 9.97 Å². The number of hydrogen-bond acceptors (Lipinski definition) is 7. The summed E-state index contributed by atoms with van der Waals surface area (Å²) in [5.74, 6) is 1.44. The first kappa shape index (κ1) is 21.0. The largest absolute Gasteiger partial charge is 0.354 e. The molecule has 0 aliphatic heterocycles. The number of nitrogens with zero attached hydrogens (tertiary/aromatic N) is 5. The third kappa shape index (κ3) is 4.16. The highest BCUT2D eigenvalue weighted by atomic mass is 35.5. The van der Waals surface area contributed by atoms with Crippen molar-refractivity contribution in [1.29, 1.82) is 0 Å². The fraction of sp³-hybridized carbons (Fsp3) is 0.318. The van der Waals surface area contributed by atoms with E-state index in [0.717, 1.165) is 24.8 Å². The Hall–Kier alpha value is -3.26. The molecule has 9 heteroatoms. The van der Waals surface area contributed by atoms with Crippen molar-refractivity contribution in [3.63, 3.8) is 0 Å². The van der Waals surface area contributed by atoms with E-state index < -0.39 is 0 Å². The van der Waals surface area contributed by atoms with Gasteiger partial charge in [0.2, 0.25) is 17.7 Å². The van der Waals surface area contributed by atoms with Gasteiger partial charge < -0.3 is 9.84 Å². The summed E-state index contributed by atoms with van der Waals surface area (Å²) >= 11 is 6.56. The SMILES string of the molecule is CCCCNc1ncc2cc(-c3ccc(-c4noc(C)n4)cc3Cl)c(=O)n(CC)c2n1. The average Bonchev–Trinajstić information content (AvgIpc) is 3.20. The van der Waals surface area contributed by atoms with Crippen LogP contribution in [0.3, 0.4) is 0 Å². The van der Waals surface area contributed by atoms with E-state index in [1.54, 1.807) is 35.9 Å². The number of pyridine rings is 1. The van der Waals surface area contributed by atoms with Crippen molar-refractivity contribution in [1.82, 2.24) is 24.7 Å². The lowest BCUT2D eigenvalue weighted by atomic mass is 10.0. The van der Waals surface area contributed by atoms with Crippen LogP contribution in [0.15, 0.2) is 39.8 Å². The molecule has 0 atom stereocenters. The van der Waals surface area contributed by atoms with Crippen LogP contribution < -0.4 is 10.9 Å².